The summed E-state index contributed by atoms with van der Waals surface area (Å²) in [7, 11) is 0. The molecule has 3 heteroatoms. The normalized spacial score (nSPS) is 20.7. The zero-order valence-corrected chi connectivity index (χ0v) is 9.27. The monoisotopic (exact) mass is 206 g/mol. The molecule has 14 heavy (non-hydrogen) atoms. The van der Waals surface area contributed by atoms with E-state index in [1.54, 1.807) is 11.8 Å². The van der Waals surface area contributed by atoms with Crippen LogP contribution in [0.5, 0.6) is 0 Å². The lowest BCUT2D eigenvalue weighted by Gasteiger charge is -2.07. The molecule has 1 aliphatic rings. The third-order valence-electron chi connectivity index (χ3n) is 2.19. The summed E-state index contributed by atoms with van der Waals surface area (Å²) >= 11 is 1.79. The number of aryl methyl sites for hydroxylation is 1. The number of rotatable bonds is 1. The average molecular weight is 206 g/mol. The van der Waals surface area contributed by atoms with Crippen LogP contribution in [0.1, 0.15) is 12.5 Å². The first-order valence-electron chi connectivity index (χ1n) is 4.79. The first-order valence-corrected chi connectivity index (χ1v) is 5.77. The van der Waals surface area contributed by atoms with Gasteiger partial charge in [0, 0.05) is 11.4 Å². The molecule has 0 amide bonds. The lowest BCUT2D eigenvalue weighted by Crippen LogP contribution is -2.06. The molecule has 74 valence electrons. The van der Waals surface area contributed by atoms with Gasteiger partial charge in [-0.25, -0.2) is 0 Å². The number of aliphatic imine (C=N–C) groups is 1. The van der Waals surface area contributed by atoms with Gasteiger partial charge in [0.15, 0.2) is 5.17 Å². The largest absolute Gasteiger partial charge is 0.335 e. The van der Waals surface area contributed by atoms with E-state index in [1.807, 2.05) is 12.1 Å². The van der Waals surface area contributed by atoms with Gasteiger partial charge in [-0.3, -0.25) is 4.99 Å². The second-order valence-corrected chi connectivity index (χ2v) is 4.54. The van der Waals surface area contributed by atoms with Crippen LogP contribution in [0.25, 0.3) is 0 Å². The molecule has 1 aromatic carbocycles. The molecule has 1 unspecified atom stereocenters. The Morgan fingerprint density at radius 2 is 2.21 bits per heavy atom. The van der Waals surface area contributed by atoms with Gasteiger partial charge in [0.2, 0.25) is 0 Å². The van der Waals surface area contributed by atoms with E-state index < -0.39 is 0 Å². The highest BCUT2D eigenvalue weighted by molar-refractivity contribution is 8.14. The molecule has 2 nitrogen and oxygen atoms in total. The van der Waals surface area contributed by atoms with Crippen molar-refractivity contribution in [3.05, 3.63) is 29.8 Å². The second-order valence-electron chi connectivity index (χ2n) is 3.53. The van der Waals surface area contributed by atoms with Gasteiger partial charge in [-0.05, 0) is 25.5 Å². The molecule has 0 aliphatic carbocycles. The zero-order valence-electron chi connectivity index (χ0n) is 8.45. The zero-order chi connectivity index (χ0) is 9.97. The quantitative estimate of drug-likeness (QED) is 0.764. The van der Waals surface area contributed by atoms with E-state index >= 15 is 0 Å². The lowest BCUT2D eigenvalue weighted by atomic mass is 10.2. The fraction of sp³-hybridized carbons (Fsp3) is 0.364. The van der Waals surface area contributed by atoms with Crippen molar-refractivity contribution in [2.24, 2.45) is 4.99 Å². The van der Waals surface area contributed by atoms with Crippen molar-refractivity contribution in [3.8, 4) is 0 Å². The van der Waals surface area contributed by atoms with Crippen molar-refractivity contribution in [1.82, 2.24) is 0 Å². The van der Waals surface area contributed by atoms with E-state index in [2.05, 4.69) is 36.3 Å². The van der Waals surface area contributed by atoms with Crippen LogP contribution in [0.3, 0.4) is 0 Å². The number of para-hydroxylation sites is 1. The van der Waals surface area contributed by atoms with E-state index in [1.165, 1.54) is 5.56 Å². The first-order chi connectivity index (χ1) is 6.75. The Morgan fingerprint density at radius 1 is 1.43 bits per heavy atom. The maximum atomic E-state index is 4.49. The van der Waals surface area contributed by atoms with E-state index in [0.717, 1.165) is 16.6 Å². The van der Waals surface area contributed by atoms with Crippen molar-refractivity contribution in [1.29, 1.82) is 0 Å². The molecule has 0 aromatic heterocycles. The fourth-order valence-corrected chi connectivity index (χ4v) is 2.28. The summed E-state index contributed by atoms with van der Waals surface area (Å²) in [5, 5.41) is 4.40. The third-order valence-corrected chi connectivity index (χ3v) is 3.32. The number of thioether (sulfide) groups is 1. The molecule has 0 fully saturated rings. The average Bonchev–Trinajstić information content (AvgIpc) is 2.56. The van der Waals surface area contributed by atoms with Gasteiger partial charge in [0.05, 0.1) is 6.04 Å². The Balaban J connectivity index is 2.12. The predicted molar refractivity (Wildman–Crippen MR) is 64.2 cm³/mol. The molecule has 2 rings (SSSR count). The van der Waals surface area contributed by atoms with Crippen LogP contribution in [0.15, 0.2) is 29.3 Å². The highest BCUT2D eigenvalue weighted by Crippen LogP contribution is 2.21. The molecular formula is C11H14N2S. The number of nitrogens with zero attached hydrogens (tertiary/aromatic N) is 1. The summed E-state index contributed by atoms with van der Waals surface area (Å²) in [6.07, 6.45) is 0. The van der Waals surface area contributed by atoms with Crippen molar-refractivity contribution in [2.45, 2.75) is 19.9 Å². The molecular weight excluding hydrogens is 192 g/mol. The smallest absolute Gasteiger partial charge is 0.161 e. The second kappa shape index (κ2) is 4.05. The van der Waals surface area contributed by atoms with E-state index in [-0.39, 0.29) is 0 Å². The van der Waals surface area contributed by atoms with Gasteiger partial charge in [-0.1, -0.05) is 30.0 Å². The van der Waals surface area contributed by atoms with Crippen molar-refractivity contribution < 1.29 is 0 Å². The van der Waals surface area contributed by atoms with Gasteiger partial charge in [-0.2, -0.15) is 0 Å². The summed E-state index contributed by atoms with van der Waals surface area (Å²) in [6.45, 7) is 4.24. The topological polar surface area (TPSA) is 24.4 Å². The standard InChI is InChI=1S/C11H14N2S/c1-8-5-3-4-6-10(8)13-11-12-9(2)7-14-11/h3-6,9H,7H2,1-2H3,(H,12,13). The molecule has 0 radical (unpaired) electrons. The van der Waals surface area contributed by atoms with Gasteiger partial charge in [0.1, 0.15) is 0 Å². The molecule has 1 atom stereocenters. The van der Waals surface area contributed by atoms with E-state index in [0.29, 0.717) is 6.04 Å². The van der Waals surface area contributed by atoms with Crippen molar-refractivity contribution in [3.63, 3.8) is 0 Å². The third kappa shape index (κ3) is 2.10. The number of hydrogen-bond acceptors (Lipinski definition) is 3. The summed E-state index contributed by atoms with van der Waals surface area (Å²) in [5.41, 5.74) is 2.42. The number of anilines is 1. The number of hydrogen-bond donors (Lipinski definition) is 1. The van der Waals surface area contributed by atoms with Crippen LogP contribution in [-0.2, 0) is 0 Å². The Morgan fingerprint density at radius 3 is 2.86 bits per heavy atom. The lowest BCUT2D eigenvalue weighted by molar-refractivity contribution is 0.865. The molecule has 0 saturated carbocycles. The highest BCUT2D eigenvalue weighted by atomic mass is 32.2. The summed E-state index contributed by atoms with van der Waals surface area (Å²) < 4.78 is 0. The van der Waals surface area contributed by atoms with E-state index in [9.17, 15) is 0 Å². The van der Waals surface area contributed by atoms with Crippen LogP contribution < -0.4 is 5.32 Å². The van der Waals surface area contributed by atoms with Gasteiger partial charge < -0.3 is 5.32 Å². The maximum absolute atomic E-state index is 4.49. The molecule has 1 aliphatic heterocycles. The van der Waals surface area contributed by atoms with Crippen LogP contribution in [0, 0.1) is 6.92 Å². The SMILES string of the molecule is Cc1ccccc1NC1=NC(C)CS1. The molecule has 0 saturated heterocycles. The number of nitrogens with one attached hydrogen (secondary N) is 1. The minimum Gasteiger partial charge on any atom is -0.335 e. The van der Waals surface area contributed by atoms with Crippen molar-refractivity contribution >= 4 is 22.6 Å². The Bertz CT molecular complexity index is 360. The molecule has 1 heterocycles. The van der Waals surface area contributed by atoms with Gasteiger partial charge >= 0.3 is 0 Å². The number of amidine groups is 1. The van der Waals surface area contributed by atoms with E-state index in [4.69, 9.17) is 0 Å². The Kier molecular flexibility index (Phi) is 2.77. The maximum Gasteiger partial charge on any atom is 0.161 e. The molecule has 1 aromatic rings. The molecule has 1 N–H and O–H groups in total. The predicted octanol–water partition coefficient (Wildman–Crippen LogP) is 2.90. The molecule has 0 spiro atoms. The Hall–Kier alpha value is -0.960. The summed E-state index contributed by atoms with van der Waals surface area (Å²) in [5.74, 6) is 1.09. The minimum absolute atomic E-state index is 0.450. The fourth-order valence-electron chi connectivity index (χ4n) is 1.37. The van der Waals surface area contributed by atoms with Crippen LogP contribution in [0.2, 0.25) is 0 Å². The van der Waals surface area contributed by atoms with Gasteiger partial charge in [0.25, 0.3) is 0 Å². The number of benzene rings is 1. The van der Waals surface area contributed by atoms with Crippen LogP contribution >= 0.6 is 11.8 Å². The van der Waals surface area contributed by atoms with Crippen LogP contribution in [-0.4, -0.2) is 17.0 Å². The highest BCUT2D eigenvalue weighted by Gasteiger charge is 2.13. The van der Waals surface area contributed by atoms with Gasteiger partial charge in [-0.15, -0.1) is 0 Å². The summed E-state index contributed by atoms with van der Waals surface area (Å²) in [4.78, 5) is 4.49. The van der Waals surface area contributed by atoms with Crippen molar-refractivity contribution in [2.75, 3.05) is 11.1 Å². The summed E-state index contributed by atoms with van der Waals surface area (Å²) in [6, 6.07) is 8.73. The molecule has 0 bridgehead atoms. The van der Waals surface area contributed by atoms with Crippen LogP contribution in [0.4, 0.5) is 5.69 Å². The first kappa shape index (κ1) is 9.59. The Labute approximate surface area is 88.8 Å². The minimum atomic E-state index is 0.450.